The molecular weight excluding hydrogens is 412 g/mol. The van der Waals surface area contributed by atoms with Gasteiger partial charge in [0.25, 0.3) is 5.78 Å². The summed E-state index contributed by atoms with van der Waals surface area (Å²) in [7, 11) is -3.23. The van der Waals surface area contributed by atoms with Gasteiger partial charge < -0.3 is 10.6 Å². The first kappa shape index (κ1) is 19.0. The third-order valence-corrected chi connectivity index (χ3v) is 8.48. The SMILES string of the molecule is CS(=O)(=O)c1ccc(Nc2cc(NC3C4CC5CC(C4)CC3C5)nc3ncnn23)cc1. The van der Waals surface area contributed by atoms with Crippen molar-refractivity contribution in [3.05, 3.63) is 36.7 Å². The molecule has 4 saturated carbocycles. The number of aromatic nitrogens is 4. The minimum absolute atomic E-state index is 0.294. The van der Waals surface area contributed by atoms with Crippen LogP contribution < -0.4 is 10.6 Å². The minimum Gasteiger partial charge on any atom is -0.367 e. The number of hydrogen-bond acceptors (Lipinski definition) is 7. The van der Waals surface area contributed by atoms with E-state index in [4.69, 9.17) is 4.98 Å². The van der Waals surface area contributed by atoms with Gasteiger partial charge in [0, 0.05) is 24.1 Å². The molecule has 2 aromatic heterocycles. The molecule has 4 bridgehead atoms. The van der Waals surface area contributed by atoms with E-state index in [0.29, 0.717) is 16.7 Å². The number of rotatable bonds is 5. The fraction of sp³-hybridized carbons (Fsp3) is 0.500. The summed E-state index contributed by atoms with van der Waals surface area (Å²) in [5, 5.41) is 11.4. The van der Waals surface area contributed by atoms with Crippen molar-refractivity contribution < 1.29 is 8.42 Å². The number of nitrogens with zero attached hydrogens (tertiary/aromatic N) is 4. The molecule has 2 N–H and O–H groups in total. The first-order valence-corrected chi connectivity index (χ1v) is 12.9. The van der Waals surface area contributed by atoms with Gasteiger partial charge in [-0.2, -0.15) is 19.6 Å². The lowest BCUT2D eigenvalue weighted by molar-refractivity contribution is 0.00742. The molecule has 0 spiro atoms. The summed E-state index contributed by atoms with van der Waals surface area (Å²) < 4.78 is 25.1. The second-order valence-electron chi connectivity index (χ2n) is 9.52. The van der Waals surface area contributed by atoms with Crippen LogP contribution in [0.4, 0.5) is 17.3 Å². The van der Waals surface area contributed by atoms with Crippen molar-refractivity contribution in [3.63, 3.8) is 0 Å². The molecule has 0 aliphatic heterocycles. The molecule has 0 amide bonds. The van der Waals surface area contributed by atoms with Crippen LogP contribution in [0.3, 0.4) is 0 Å². The van der Waals surface area contributed by atoms with Crippen LogP contribution in [0.15, 0.2) is 41.6 Å². The summed E-state index contributed by atoms with van der Waals surface area (Å²) in [5.74, 6) is 5.43. The molecule has 162 valence electrons. The fourth-order valence-electron chi connectivity index (χ4n) is 6.24. The van der Waals surface area contributed by atoms with Crippen LogP contribution in [-0.4, -0.2) is 40.3 Å². The van der Waals surface area contributed by atoms with Crippen molar-refractivity contribution in [1.82, 2.24) is 19.6 Å². The van der Waals surface area contributed by atoms with Gasteiger partial charge in [0.15, 0.2) is 9.84 Å². The van der Waals surface area contributed by atoms with Crippen LogP contribution in [0.5, 0.6) is 0 Å². The third kappa shape index (κ3) is 3.44. The maximum Gasteiger partial charge on any atom is 0.256 e. The van der Waals surface area contributed by atoms with Crippen LogP contribution in [0.25, 0.3) is 5.78 Å². The Bertz CT molecular complexity index is 1210. The maximum absolute atomic E-state index is 11.7. The number of fused-ring (bicyclic) bond motifs is 1. The van der Waals surface area contributed by atoms with E-state index in [1.54, 1.807) is 28.8 Å². The Morgan fingerprint density at radius 2 is 1.68 bits per heavy atom. The standard InChI is InChI=1S/C22H26N6O2S/c1-31(29,30)18-4-2-17(3-5-18)25-20-11-19(27-22-23-12-24-28(20)22)26-21-15-7-13-6-14(9-15)10-16(21)8-13/h2-5,11-16,21,25H,6-10H2,1H3,(H,23,24,26,27). The van der Waals surface area contributed by atoms with Gasteiger partial charge in [0.2, 0.25) is 0 Å². The van der Waals surface area contributed by atoms with Gasteiger partial charge >= 0.3 is 0 Å². The largest absolute Gasteiger partial charge is 0.367 e. The minimum atomic E-state index is -3.23. The lowest BCUT2D eigenvalue weighted by atomic mass is 9.54. The van der Waals surface area contributed by atoms with E-state index in [1.165, 1.54) is 44.7 Å². The first-order valence-electron chi connectivity index (χ1n) is 11.0. The molecule has 7 rings (SSSR count). The molecule has 0 radical (unpaired) electrons. The Labute approximate surface area is 181 Å². The number of nitrogens with one attached hydrogen (secondary N) is 2. The van der Waals surface area contributed by atoms with Crippen LogP contribution in [0.1, 0.15) is 32.1 Å². The predicted molar refractivity (Wildman–Crippen MR) is 118 cm³/mol. The smallest absolute Gasteiger partial charge is 0.256 e. The van der Waals surface area contributed by atoms with Crippen LogP contribution >= 0.6 is 0 Å². The quantitative estimate of drug-likeness (QED) is 0.628. The number of sulfone groups is 1. The van der Waals surface area contributed by atoms with Gasteiger partial charge in [-0.25, -0.2) is 8.42 Å². The van der Waals surface area contributed by atoms with Crippen molar-refractivity contribution in [3.8, 4) is 0 Å². The van der Waals surface area contributed by atoms with E-state index < -0.39 is 9.84 Å². The highest BCUT2D eigenvalue weighted by Crippen LogP contribution is 2.54. The zero-order valence-electron chi connectivity index (χ0n) is 17.4. The number of benzene rings is 1. The van der Waals surface area contributed by atoms with E-state index in [0.717, 1.165) is 41.0 Å². The average Bonchev–Trinajstić information content (AvgIpc) is 3.19. The van der Waals surface area contributed by atoms with Crippen molar-refractivity contribution in [2.45, 2.75) is 43.0 Å². The molecule has 4 fully saturated rings. The normalized spacial score (nSPS) is 29.4. The lowest BCUT2D eigenvalue weighted by Gasteiger charge is -2.54. The summed E-state index contributed by atoms with van der Waals surface area (Å²) in [4.78, 5) is 9.28. The highest BCUT2D eigenvalue weighted by molar-refractivity contribution is 7.90. The Morgan fingerprint density at radius 3 is 2.32 bits per heavy atom. The highest BCUT2D eigenvalue weighted by Gasteiger charge is 2.48. The molecule has 3 aromatic rings. The Hall–Kier alpha value is -2.68. The summed E-state index contributed by atoms with van der Waals surface area (Å²) in [5.41, 5.74) is 0.774. The maximum atomic E-state index is 11.7. The number of anilines is 3. The monoisotopic (exact) mass is 438 g/mol. The average molecular weight is 439 g/mol. The molecular formula is C22H26N6O2S. The fourth-order valence-corrected chi connectivity index (χ4v) is 6.87. The van der Waals surface area contributed by atoms with Gasteiger partial charge in [-0.3, -0.25) is 0 Å². The molecule has 0 saturated heterocycles. The van der Waals surface area contributed by atoms with E-state index in [2.05, 4.69) is 20.7 Å². The van der Waals surface area contributed by atoms with E-state index in [1.807, 2.05) is 6.07 Å². The van der Waals surface area contributed by atoms with Crippen LogP contribution in [0, 0.1) is 23.7 Å². The van der Waals surface area contributed by atoms with Gasteiger partial charge in [-0.1, -0.05) is 0 Å². The molecule has 8 nitrogen and oxygen atoms in total. The van der Waals surface area contributed by atoms with Gasteiger partial charge in [0.1, 0.15) is 18.0 Å². The lowest BCUT2D eigenvalue weighted by Crippen LogP contribution is -2.51. The van der Waals surface area contributed by atoms with E-state index in [9.17, 15) is 8.42 Å². The Morgan fingerprint density at radius 1 is 1.00 bits per heavy atom. The molecule has 2 heterocycles. The van der Waals surface area contributed by atoms with Gasteiger partial charge in [-0.15, -0.1) is 0 Å². The van der Waals surface area contributed by atoms with Gasteiger partial charge in [-0.05, 0) is 80.0 Å². The molecule has 0 atom stereocenters. The van der Waals surface area contributed by atoms with Crippen molar-refractivity contribution in [1.29, 1.82) is 0 Å². The van der Waals surface area contributed by atoms with Crippen molar-refractivity contribution in [2.24, 2.45) is 23.7 Å². The third-order valence-electron chi connectivity index (χ3n) is 7.35. The van der Waals surface area contributed by atoms with E-state index in [-0.39, 0.29) is 0 Å². The Balaban J connectivity index is 1.28. The Kier molecular flexibility index (Phi) is 4.25. The summed E-state index contributed by atoms with van der Waals surface area (Å²) in [6, 6.07) is 9.16. The second-order valence-corrected chi connectivity index (χ2v) is 11.5. The van der Waals surface area contributed by atoms with Crippen molar-refractivity contribution in [2.75, 3.05) is 16.9 Å². The first-order chi connectivity index (χ1) is 14.9. The van der Waals surface area contributed by atoms with Gasteiger partial charge in [0.05, 0.1) is 4.90 Å². The highest BCUT2D eigenvalue weighted by atomic mass is 32.2. The van der Waals surface area contributed by atoms with E-state index >= 15 is 0 Å². The predicted octanol–water partition coefficient (Wildman–Crippen LogP) is 3.51. The zero-order chi connectivity index (χ0) is 21.2. The molecule has 1 aromatic carbocycles. The summed E-state index contributed by atoms with van der Waals surface area (Å²) in [6.45, 7) is 0. The molecule has 4 aliphatic carbocycles. The summed E-state index contributed by atoms with van der Waals surface area (Å²) in [6.07, 6.45) is 9.51. The number of hydrogen-bond donors (Lipinski definition) is 2. The second kappa shape index (κ2) is 6.91. The molecule has 4 aliphatic rings. The molecule has 0 unspecified atom stereocenters. The van der Waals surface area contributed by atoms with Crippen LogP contribution in [-0.2, 0) is 9.84 Å². The summed E-state index contributed by atoms with van der Waals surface area (Å²) >= 11 is 0. The molecule has 31 heavy (non-hydrogen) atoms. The topological polar surface area (TPSA) is 101 Å². The van der Waals surface area contributed by atoms with Crippen molar-refractivity contribution >= 4 is 32.9 Å². The zero-order valence-corrected chi connectivity index (χ0v) is 18.2. The van der Waals surface area contributed by atoms with Crippen LogP contribution in [0.2, 0.25) is 0 Å². The molecule has 9 heteroatoms.